The van der Waals surface area contributed by atoms with Gasteiger partial charge in [-0.2, -0.15) is 4.98 Å². The van der Waals surface area contributed by atoms with Crippen molar-refractivity contribution in [3.05, 3.63) is 40.7 Å². The molecule has 26 heavy (non-hydrogen) atoms. The number of halogens is 1. The van der Waals surface area contributed by atoms with E-state index in [2.05, 4.69) is 15.5 Å². The third-order valence-corrected chi connectivity index (χ3v) is 4.75. The predicted molar refractivity (Wildman–Crippen MR) is 97.0 cm³/mol. The largest absolute Gasteiger partial charge is 0.423 e. The summed E-state index contributed by atoms with van der Waals surface area (Å²) in [5, 5.41) is 7.36. The first kappa shape index (κ1) is 16.9. The van der Waals surface area contributed by atoms with Crippen LogP contribution in [0.1, 0.15) is 24.3 Å². The van der Waals surface area contributed by atoms with Crippen LogP contribution in [-0.4, -0.2) is 29.1 Å². The number of fused-ring (bicyclic) bond motifs is 1. The molecule has 1 aliphatic rings. The van der Waals surface area contributed by atoms with Crippen LogP contribution in [0, 0.1) is 12.8 Å². The molecule has 3 aromatic rings. The zero-order chi connectivity index (χ0) is 18.1. The van der Waals surface area contributed by atoms with E-state index in [1.165, 1.54) is 0 Å². The Morgan fingerprint density at radius 2 is 2.31 bits per heavy atom. The summed E-state index contributed by atoms with van der Waals surface area (Å²) in [6, 6.07) is 7.71. The quantitative estimate of drug-likeness (QED) is 0.754. The van der Waals surface area contributed by atoms with Crippen molar-refractivity contribution in [2.24, 2.45) is 5.92 Å². The van der Waals surface area contributed by atoms with Crippen molar-refractivity contribution >= 4 is 34.6 Å². The predicted octanol–water partition coefficient (Wildman–Crippen LogP) is 3.31. The van der Waals surface area contributed by atoms with Crippen molar-refractivity contribution in [2.75, 3.05) is 18.0 Å². The Morgan fingerprint density at radius 1 is 1.42 bits per heavy atom. The molecule has 1 aromatic carbocycles. The lowest BCUT2D eigenvalue weighted by molar-refractivity contribution is -0.125. The number of carbonyl (C=O) groups is 1. The molecule has 4 rings (SSSR count). The van der Waals surface area contributed by atoms with Gasteiger partial charge in [-0.1, -0.05) is 16.8 Å². The number of nitrogens with zero attached hydrogens (tertiary/aromatic N) is 3. The van der Waals surface area contributed by atoms with E-state index in [1.807, 2.05) is 24.0 Å². The van der Waals surface area contributed by atoms with Gasteiger partial charge in [0.2, 0.25) is 5.91 Å². The van der Waals surface area contributed by atoms with Crippen LogP contribution < -0.4 is 10.2 Å². The lowest BCUT2D eigenvalue weighted by Gasteiger charge is -2.30. The maximum Gasteiger partial charge on any atom is 0.298 e. The number of nitrogens with one attached hydrogen (secondary N) is 1. The van der Waals surface area contributed by atoms with Gasteiger partial charge in [0, 0.05) is 24.2 Å². The van der Waals surface area contributed by atoms with Crippen LogP contribution in [0.4, 0.5) is 6.01 Å². The average Bonchev–Trinajstić information content (AvgIpc) is 3.25. The van der Waals surface area contributed by atoms with E-state index < -0.39 is 0 Å². The van der Waals surface area contributed by atoms with E-state index in [-0.39, 0.29) is 11.8 Å². The van der Waals surface area contributed by atoms with Gasteiger partial charge in [0.15, 0.2) is 11.3 Å². The van der Waals surface area contributed by atoms with Crippen LogP contribution in [0.2, 0.25) is 5.02 Å². The molecule has 0 radical (unpaired) electrons. The highest BCUT2D eigenvalue weighted by Crippen LogP contribution is 2.28. The topological polar surface area (TPSA) is 84.4 Å². The Labute approximate surface area is 155 Å². The molecule has 1 aliphatic heterocycles. The summed E-state index contributed by atoms with van der Waals surface area (Å²) < 4.78 is 10.9. The number of benzene rings is 1. The van der Waals surface area contributed by atoms with Crippen LogP contribution in [-0.2, 0) is 11.3 Å². The fourth-order valence-electron chi connectivity index (χ4n) is 3.21. The maximum absolute atomic E-state index is 12.5. The van der Waals surface area contributed by atoms with E-state index in [4.69, 9.17) is 20.5 Å². The smallest absolute Gasteiger partial charge is 0.298 e. The van der Waals surface area contributed by atoms with Gasteiger partial charge in [-0.05, 0) is 38.0 Å². The van der Waals surface area contributed by atoms with E-state index in [1.54, 1.807) is 12.1 Å². The number of aromatic nitrogens is 2. The molecule has 0 saturated carbocycles. The lowest BCUT2D eigenvalue weighted by atomic mass is 9.97. The molecule has 0 bridgehead atoms. The molecule has 1 amide bonds. The van der Waals surface area contributed by atoms with Gasteiger partial charge in [-0.3, -0.25) is 4.79 Å². The standard InChI is InChI=1S/C18H19ClN4O3/c1-11-7-14(26-22-11)9-20-17(24)12-3-2-6-23(10-12)18-21-15-8-13(19)4-5-16(15)25-18/h4-5,7-8,12H,2-3,6,9-10H2,1H3,(H,20,24). The number of aryl methyl sites for hydroxylation is 1. The zero-order valence-electron chi connectivity index (χ0n) is 14.4. The molecular formula is C18H19ClN4O3. The first-order chi connectivity index (χ1) is 12.6. The van der Waals surface area contributed by atoms with Gasteiger partial charge in [0.05, 0.1) is 18.2 Å². The summed E-state index contributed by atoms with van der Waals surface area (Å²) in [4.78, 5) is 19.0. The molecule has 0 spiro atoms. The van der Waals surface area contributed by atoms with Crippen LogP contribution in [0.5, 0.6) is 0 Å². The second-order valence-corrected chi connectivity index (χ2v) is 6.98. The van der Waals surface area contributed by atoms with Gasteiger partial charge < -0.3 is 19.2 Å². The number of carbonyl (C=O) groups excluding carboxylic acids is 1. The minimum atomic E-state index is -0.119. The summed E-state index contributed by atoms with van der Waals surface area (Å²) in [6.07, 6.45) is 1.74. The highest BCUT2D eigenvalue weighted by atomic mass is 35.5. The van der Waals surface area contributed by atoms with Gasteiger partial charge in [0.25, 0.3) is 6.01 Å². The number of hydrogen-bond acceptors (Lipinski definition) is 6. The highest BCUT2D eigenvalue weighted by Gasteiger charge is 2.28. The Morgan fingerprint density at radius 3 is 3.12 bits per heavy atom. The Balaban J connectivity index is 1.41. The molecule has 1 unspecified atom stereocenters. The minimum Gasteiger partial charge on any atom is -0.423 e. The van der Waals surface area contributed by atoms with E-state index >= 15 is 0 Å². The Bertz CT molecular complexity index is 936. The molecule has 1 saturated heterocycles. The molecule has 1 fully saturated rings. The number of rotatable bonds is 4. The minimum absolute atomic E-state index is 0.00269. The second kappa shape index (κ2) is 6.99. The number of amides is 1. The molecule has 1 atom stereocenters. The number of anilines is 1. The van der Waals surface area contributed by atoms with Crippen LogP contribution in [0.15, 0.2) is 33.2 Å². The zero-order valence-corrected chi connectivity index (χ0v) is 15.1. The maximum atomic E-state index is 12.5. The third-order valence-electron chi connectivity index (χ3n) is 4.51. The van der Waals surface area contributed by atoms with Crippen molar-refractivity contribution in [2.45, 2.75) is 26.3 Å². The summed E-state index contributed by atoms with van der Waals surface area (Å²) >= 11 is 6.00. The number of piperidine rings is 1. The van der Waals surface area contributed by atoms with Crippen LogP contribution in [0.25, 0.3) is 11.1 Å². The highest BCUT2D eigenvalue weighted by molar-refractivity contribution is 6.31. The van der Waals surface area contributed by atoms with Crippen molar-refractivity contribution in [1.29, 1.82) is 0 Å². The summed E-state index contributed by atoms with van der Waals surface area (Å²) in [7, 11) is 0. The molecular weight excluding hydrogens is 356 g/mol. The van der Waals surface area contributed by atoms with Crippen LogP contribution in [0.3, 0.4) is 0 Å². The van der Waals surface area contributed by atoms with E-state index in [0.29, 0.717) is 35.5 Å². The molecule has 3 heterocycles. The average molecular weight is 375 g/mol. The van der Waals surface area contributed by atoms with E-state index in [9.17, 15) is 4.79 Å². The van der Waals surface area contributed by atoms with Gasteiger partial charge in [-0.15, -0.1) is 0 Å². The number of oxazole rings is 1. The molecule has 2 aromatic heterocycles. The summed E-state index contributed by atoms with van der Waals surface area (Å²) in [6.45, 7) is 3.58. The van der Waals surface area contributed by atoms with Crippen LogP contribution >= 0.6 is 11.6 Å². The van der Waals surface area contributed by atoms with Gasteiger partial charge in [0.1, 0.15) is 5.52 Å². The monoisotopic (exact) mass is 374 g/mol. The lowest BCUT2D eigenvalue weighted by Crippen LogP contribution is -2.43. The third kappa shape index (κ3) is 3.53. The second-order valence-electron chi connectivity index (χ2n) is 6.55. The molecule has 7 nitrogen and oxygen atoms in total. The molecule has 0 aliphatic carbocycles. The summed E-state index contributed by atoms with van der Waals surface area (Å²) in [5.41, 5.74) is 2.21. The van der Waals surface area contributed by atoms with Gasteiger partial charge in [-0.25, -0.2) is 0 Å². The van der Waals surface area contributed by atoms with E-state index in [0.717, 1.165) is 30.6 Å². The van der Waals surface area contributed by atoms with Crippen molar-refractivity contribution in [1.82, 2.24) is 15.5 Å². The molecule has 8 heteroatoms. The SMILES string of the molecule is Cc1cc(CNC(=O)C2CCCN(c3nc4cc(Cl)ccc4o3)C2)on1. The first-order valence-electron chi connectivity index (χ1n) is 8.59. The normalized spacial score (nSPS) is 17.6. The van der Waals surface area contributed by atoms with Crippen molar-refractivity contribution < 1.29 is 13.7 Å². The Kier molecular flexibility index (Phi) is 4.55. The fourth-order valence-corrected chi connectivity index (χ4v) is 3.37. The molecule has 1 N–H and O–H groups in total. The Hall–Kier alpha value is -2.54. The fraction of sp³-hybridized carbons (Fsp3) is 0.389. The van der Waals surface area contributed by atoms with Gasteiger partial charge >= 0.3 is 0 Å². The molecule has 136 valence electrons. The number of hydrogen-bond donors (Lipinski definition) is 1. The first-order valence-corrected chi connectivity index (χ1v) is 8.97. The van der Waals surface area contributed by atoms with Crippen molar-refractivity contribution in [3.8, 4) is 0 Å². The van der Waals surface area contributed by atoms with Crippen molar-refractivity contribution in [3.63, 3.8) is 0 Å². The summed E-state index contributed by atoms with van der Waals surface area (Å²) in [5.74, 6) is 0.536.